The van der Waals surface area contributed by atoms with Crippen molar-refractivity contribution in [3.05, 3.63) is 12.4 Å². The van der Waals surface area contributed by atoms with Gasteiger partial charge in [0.2, 0.25) is 5.88 Å². The summed E-state index contributed by atoms with van der Waals surface area (Å²) in [4.78, 5) is 19.0. The van der Waals surface area contributed by atoms with Crippen LogP contribution in [0.15, 0.2) is 12.4 Å². The summed E-state index contributed by atoms with van der Waals surface area (Å²) in [7, 11) is 0. The maximum atomic E-state index is 10.8. The summed E-state index contributed by atoms with van der Waals surface area (Å²) < 4.78 is 10.6. The van der Waals surface area contributed by atoms with Crippen LogP contribution in [-0.4, -0.2) is 46.4 Å². The van der Waals surface area contributed by atoms with E-state index in [2.05, 4.69) is 15.3 Å². The van der Waals surface area contributed by atoms with Crippen molar-refractivity contribution in [3.8, 4) is 5.88 Å². The van der Waals surface area contributed by atoms with E-state index in [0.717, 1.165) is 6.42 Å². The molecule has 1 fully saturated rings. The van der Waals surface area contributed by atoms with E-state index in [-0.39, 0.29) is 6.10 Å². The van der Waals surface area contributed by atoms with Gasteiger partial charge in [-0.05, 0) is 19.8 Å². The van der Waals surface area contributed by atoms with Gasteiger partial charge in [-0.25, -0.2) is 4.79 Å². The first-order valence-corrected chi connectivity index (χ1v) is 6.26. The van der Waals surface area contributed by atoms with Gasteiger partial charge in [0, 0.05) is 6.54 Å². The zero-order valence-electron chi connectivity index (χ0n) is 10.7. The molecule has 0 aromatic carbocycles. The highest BCUT2D eigenvalue weighted by molar-refractivity contribution is 5.72. The van der Waals surface area contributed by atoms with E-state index in [4.69, 9.17) is 14.6 Å². The molecule has 1 aromatic heterocycles. The lowest BCUT2D eigenvalue weighted by Crippen LogP contribution is -2.24. The number of ether oxygens (including phenoxy) is 2. The van der Waals surface area contributed by atoms with Gasteiger partial charge in [-0.2, -0.15) is 4.98 Å². The van der Waals surface area contributed by atoms with Gasteiger partial charge in [-0.3, -0.25) is 4.98 Å². The lowest BCUT2D eigenvalue weighted by Gasteiger charge is -2.12. The topological polar surface area (TPSA) is 93.6 Å². The standard InChI is InChI=1S/C12H17N3O4/c1-2-18-11-7-13-6-10(15-11)14-5-8-3-4-9(19-8)12(16)17/h6-9H,2-5H2,1H3,(H,14,15)(H,16,17). The third kappa shape index (κ3) is 3.78. The van der Waals surface area contributed by atoms with E-state index < -0.39 is 12.1 Å². The Labute approximate surface area is 111 Å². The Balaban J connectivity index is 1.82. The van der Waals surface area contributed by atoms with Crippen LogP contribution in [0, 0.1) is 0 Å². The highest BCUT2D eigenvalue weighted by atomic mass is 16.5. The molecule has 19 heavy (non-hydrogen) atoms. The van der Waals surface area contributed by atoms with Crippen LogP contribution in [0.3, 0.4) is 0 Å². The maximum Gasteiger partial charge on any atom is 0.332 e. The van der Waals surface area contributed by atoms with Crippen LogP contribution in [0.4, 0.5) is 5.82 Å². The fourth-order valence-corrected chi connectivity index (χ4v) is 1.91. The molecule has 7 nitrogen and oxygen atoms in total. The fraction of sp³-hybridized carbons (Fsp3) is 0.583. The molecule has 0 aliphatic carbocycles. The minimum atomic E-state index is -0.902. The molecule has 2 N–H and O–H groups in total. The Kier molecular flexibility index (Phi) is 4.51. The minimum absolute atomic E-state index is 0.112. The van der Waals surface area contributed by atoms with Gasteiger partial charge in [0.05, 0.1) is 25.1 Å². The zero-order chi connectivity index (χ0) is 13.7. The van der Waals surface area contributed by atoms with Gasteiger partial charge in [-0.1, -0.05) is 0 Å². The molecule has 2 heterocycles. The molecule has 0 bridgehead atoms. The van der Waals surface area contributed by atoms with Crippen LogP contribution in [0.2, 0.25) is 0 Å². The van der Waals surface area contributed by atoms with Crippen LogP contribution in [0.1, 0.15) is 19.8 Å². The number of carboxylic acids is 1. The van der Waals surface area contributed by atoms with Crippen LogP contribution >= 0.6 is 0 Å². The van der Waals surface area contributed by atoms with Crippen molar-refractivity contribution in [3.63, 3.8) is 0 Å². The summed E-state index contributed by atoms with van der Waals surface area (Å²) in [6, 6.07) is 0. The van der Waals surface area contributed by atoms with Crippen LogP contribution < -0.4 is 10.1 Å². The monoisotopic (exact) mass is 267 g/mol. The van der Waals surface area contributed by atoms with Crippen molar-refractivity contribution < 1.29 is 19.4 Å². The van der Waals surface area contributed by atoms with Crippen LogP contribution in [0.5, 0.6) is 5.88 Å². The van der Waals surface area contributed by atoms with Crippen molar-refractivity contribution in [2.45, 2.75) is 32.0 Å². The maximum absolute atomic E-state index is 10.8. The molecule has 1 aromatic rings. The molecule has 1 aliphatic rings. The lowest BCUT2D eigenvalue weighted by atomic mass is 10.2. The number of carbonyl (C=O) groups is 1. The van der Waals surface area contributed by atoms with Crippen LogP contribution in [-0.2, 0) is 9.53 Å². The van der Waals surface area contributed by atoms with E-state index in [9.17, 15) is 4.79 Å². The average Bonchev–Trinajstić information content (AvgIpc) is 2.86. The van der Waals surface area contributed by atoms with Crippen molar-refractivity contribution in [1.29, 1.82) is 0 Å². The van der Waals surface area contributed by atoms with Gasteiger partial charge in [-0.15, -0.1) is 0 Å². The van der Waals surface area contributed by atoms with Crippen molar-refractivity contribution in [2.24, 2.45) is 0 Å². The number of aromatic nitrogens is 2. The second-order valence-corrected chi connectivity index (χ2v) is 4.22. The highest BCUT2D eigenvalue weighted by Crippen LogP contribution is 2.20. The molecule has 104 valence electrons. The average molecular weight is 267 g/mol. The largest absolute Gasteiger partial charge is 0.479 e. The Morgan fingerprint density at radius 3 is 3.11 bits per heavy atom. The molecule has 2 unspecified atom stereocenters. The molecule has 0 radical (unpaired) electrons. The van der Waals surface area contributed by atoms with E-state index in [1.54, 1.807) is 12.4 Å². The van der Waals surface area contributed by atoms with E-state index in [0.29, 0.717) is 31.3 Å². The number of carboxylic acid groups (broad SMARTS) is 1. The molecule has 0 saturated carbocycles. The second-order valence-electron chi connectivity index (χ2n) is 4.22. The lowest BCUT2D eigenvalue weighted by molar-refractivity contribution is -0.149. The third-order valence-electron chi connectivity index (χ3n) is 2.80. The molecule has 2 rings (SSSR count). The molecular formula is C12H17N3O4. The van der Waals surface area contributed by atoms with Crippen molar-refractivity contribution in [2.75, 3.05) is 18.5 Å². The van der Waals surface area contributed by atoms with Gasteiger partial charge in [0.25, 0.3) is 0 Å². The minimum Gasteiger partial charge on any atom is -0.479 e. The number of aliphatic carboxylic acids is 1. The molecule has 1 aliphatic heterocycles. The zero-order valence-corrected chi connectivity index (χ0v) is 10.7. The first-order valence-electron chi connectivity index (χ1n) is 6.26. The number of nitrogens with one attached hydrogen (secondary N) is 1. The van der Waals surface area contributed by atoms with E-state index >= 15 is 0 Å². The summed E-state index contributed by atoms with van der Waals surface area (Å²) in [5, 5.41) is 11.9. The fourth-order valence-electron chi connectivity index (χ4n) is 1.91. The third-order valence-corrected chi connectivity index (χ3v) is 2.80. The van der Waals surface area contributed by atoms with E-state index in [1.165, 1.54) is 0 Å². The highest BCUT2D eigenvalue weighted by Gasteiger charge is 2.30. The summed E-state index contributed by atoms with van der Waals surface area (Å²) in [6.07, 6.45) is 3.61. The number of hydrogen-bond donors (Lipinski definition) is 2. The number of rotatable bonds is 6. The van der Waals surface area contributed by atoms with Crippen molar-refractivity contribution >= 4 is 11.8 Å². The van der Waals surface area contributed by atoms with Gasteiger partial charge in [0.1, 0.15) is 5.82 Å². The van der Waals surface area contributed by atoms with Gasteiger partial charge in [0.15, 0.2) is 6.10 Å². The summed E-state index contributed by atoms with van der Waals surface area (Å²) in [5.41, 5.74) is 0. The van der Waals surface area contributed by atoms with Gasteiger partial charge >= 0.3 is 5.97 Å². The summed E-state index contributed by atoms with van der Waals surface area (Å²) in [5.74, 6) is 0.150. The Morgan fingerprint density at radius 1 is 1.58 bits per heavy atom. The Bertz CT molecular complexity index is 441. The molecule has 1 saturated heterocycles. The summed E-state index contributed by atoms with van der Waals surface area (Å²) >= 11 is 0. The Hall–Kier alpha value is -1.89. The van der Waals surface area contributed by atoms with E-state index in [1.807, 2.05) is 6.92 Å². The number of nitrogens with zero attached hydrogens (tertiary/aromatic N) is 2. The second kappa shape index (κ2) is 6.33. The normalized spacial score (nSPS) is 22.2. The summed E-state index contributed by atoms with van der Waals surface area (Å²) in [6.45, 7) is 2.92. The van der Waals surface area contributed by atoms with Crippen molar-refractivity contribution in [1.82, 2.24) is 9.97 Å². The Morgan fingerprint density at radius 2 is 2.42 bits per heavy atom. The first kappa shape index (κ1) is 13.5. The predicted octanol–water partition coefficient (Wildman–Crippen LogP) is 0.919. The molecule has 2 atom stereocenters. The molecule has 0 amide bonds. The first-order chi connectivity index (χ1) is 9.19. The number of anilines is 1. The number of hydrogen-bond acceptors (Lipinski definition) is 6. The smallest absolute Gasteiger partial charge is 0.332 e. The molecule has 7 heteroatoms. The molecule has 0 spiro atoms. The molecular weight excluding hydrogens is 250 g/mol. The SMILES string of the molecule is CCOc1cncc(NCC2CCC(C(=O)O)O2)n1. The van der Waals surface area contributed by atoms with Gasteiger partial charge < -0.3 is 19.9 Å². The predicted molar refractivity (Wildman–Crippen MR) is 67.2 cm³/mol. The quantitative estimate of drug-likeness (QED) is 0.791. The van der Waals surface area contributed by atoms with Crippen LogP contribution in [0.25, 0.3) is 0 Å².